The highest BCUT2D eigenvalue weighted by Gasteiger charge is 2.20. The maximum atomic E-state index is 13.2. The first-order valence-corrected chi connectivity index (χ1v) is 9.64. The Labute approximate surface area is 178 Å². The first-order chi connectivity index (χ1) is 15.0. The van der Waals surface area contributed by atoms with Crippen LogP contribution in [0.3, 0.4) is 0 Å². The van der Waals surface area contributed by atoms with E-state index in [0.29, 0.717) is 22.7 Å². The van der Waals surface area contributed by atoms with Gasteiger partial charge in [-0.1, -0.05) is 36.4 Å². The summed E-state index contributed by atoms with van der Waals surface area (Å²) in [7, 11) is 0. The molecule has 7 heteroatoms. The zero-order valence-electron chi connectivity index (χ0n) is 16.8. The van der Waals surface area contributed by atoms with Crippen LogP contribution in [0.5, 0.6) is 5.88 Å². The summed E-state index contributed by atoms with van der Waals surface area (Å²) in [6, 6.07) is 25.1. The highest BCUT2D eigenvalue weighted by molar-refractivity contribution is 5.89. The number of rotatable bonds is 5. The average molecular weight is 412 g/mol. The van der Waals surface area contributed by atoms with Gasteiger partial charge in [0, 0.05) is 18.8 Å². The van der Waals surface area contributed by atoms with Gasteiger partial charge in [-0.05, 0) is 48.5 Å². The predicted molar refractivity (Wildman–Crippen MR) is 121 cm³/mol. The smallest absolute Gasteiger partial charge is 0.284 e. The molecule has 0 spiro atoms. The number of nitrogens with one attached hydrogen (secondary N) is 1. The highest BCUT2D eigenvalue weighted by atomic mass is 16.3. The van der Waals surface area contributed by atoms with Crippen LogP contribution in [0.25, 0.3) is 11.4 Å². The monoisotopic (exact) mass is 412 g/mol. The molecule has 0 saturated carbocycles. The summed E-state index contributed by atoms with van der Waals surface area (Å²) in [5.74, 6) is -0.372. The van der Waals surface area contributed by atoms with E-state index >= 15 is 0 Å². The van der Waals surface area contributed by atoms with Gasteiger partial charge in [0.15, 0.2) is 0 Å². The van der Waals surface area contributed by atoms with Crippen LogP contribution in [0, 0.1) is 0 Å². The second kappa shape index (κ2) is 8.54. The summed E-state index contributed by atoms with van der Waals surface area (Å²) in [4.78, 5) is 28.7. The Hall–Kier alpha value is -4.39. The summed E-state index contributed by atoms with van der Waals surface area (Å²) in [6.45, 7) is 1.43. The SMILES string of the molecule is CC(=O)Nc1ccc(N=Cc2c(O)n(-c3ccccc3)n(-c3ccccc3)c2=O)cc1. The topological polar surface area (TPSA) is 88.6 Å². The van der Waals surface area contributed by atoms with Crippen LogP contribution in [-0.4, -0.2) is 26.6 Å². The minimum Gasteiger partial charge on any atom is -0.493 e. The van der Waals surface area contributed by atoms with Crippen LogP contribution in [0.4, 0.5) is 11.4 Å². The molecule has 0 fully saturated rings. The van der Waals surface area contributed by atoms with Crippen LogP contribution >= 0.6 is 0 Å². The van der Waals surface area contributed by atoms with Gasteiger partial charge in [0.2, 0.25) is 11.8 Å². The van der Waals surface area contributed by atoms with Crippen molar-refractivity contribution in [3.63, 3.8) is 0 Å². The Morgan fingerprint density at radius 2 is 1.42 bits per heavy atom. The van der Waals surface area contributed by atoms with Crippen molar-refractivity contribution in [2.45, 2.75) is 6.92 Å². The number of hydrogen-bond donors (Lipinski definition) is 2. The summed E-state index contributed by atoms with van der Waals surface area (Å²) < 4.78 is 2.87. The number of carbonyl (C=O) groups excluding carboxylic acids is 1. The molecule has 31 heavy (non-hydrogen) atoms. The zero-order chi connectivity index (χ0) is 21.8. The minimum atomic E-state index is -0.397. The Kier molecular flexibility index (Phi) is 5.49. The van der Waals surface area contributed by atoms with E-state index in [2.05, 4.69) is 10.3 Å². The molecule has 4 rings (SSSR count). The van der Waals surface area contributed by atoms with Crippen LogP contribution in [0.2, 0.25) is 0 Å². The van der Waals surface area contributed by atoms with Crippen LogP contribution in [0.1, 0.15) is 12.5 Å². The minimum absolute atomic E-state index is 0.0682. The van der Waals surface area contributed by atoms with Gasteiger partial charge < -0.3 is 10.4 Å². The van der Waals surface area contributed by atoms with Crippen LogP contribution in [0.15, 0.2) is 94.7 Å². The molecule has 7 nitrogen and oxygen atoms in total. The Bertz CT molecular complexity index is 1290. The van der Waals surface area contributed by atoms with Crippen LogP contribution < -0.4 is 10.9 Å². The third kappa shape index (κ3) is 4.16. The number of aromatic nitrogens is 2. The second-order valence-electron chi connectivity index (χ2n) is 6.82. The van der Waals surface area contributed by atoms with Gasteiger partial charge in [0.25, 0.3) is 5.56 Å². The molecule has 0 aliphatic rings. The first kappa shape index (κ1) is 19.9. The van der Waals surface area contributed by atoms with Gasteiger partial charge in [0.05, 0.1) is 17.1 Å². The molecule has 4 aromatic rings. The highest BCUT2D eigenvalue weighted by Crippen LogP contribution is 2.23. The van der Waals surface area contributed by atoms with E-state index < -0.39 is 5.56 Å². The molecule has 0 radical (unpaired) electrons. The summed E-state index contributed by atoms with van der Waals surface area (Å²) in [5, 5.41) is 13.6. The number of amides is 1. The van der Waals surface area contributed by atoms with Crippen molar-refractivity contribution >= 4 is 23.5 Å². The van der Waals surface area contributed by atoms with Crippen molar-refractivity contribution in [1.82, 2.24) is 9.36 Å². The first-order valence-electron chi connectivity index (χ1n) is 9.64. The lowest BCUT2D eigenvalue weighted by molar-refractivity contribution is -0.114. The summed E-state index contributed by atoms with van der Waals surface area (Å²) >= 11 is 0. The largest absolute Gasteiger partial charge is 0.493 e. The van der Waals surface area contributed by atoms with E-state index in [4.69, 9.17) is 0 Å². The molecule has 1 aromatic heterocycles. The lowest BCUT2D eigenvalue weighted by atomic mass is 10.2. The zero-order valence-corrected chi connectivity index (χ0v) is 16.8. The van der Waals surface area contributed by atoms with Crippen molar-refractivity contribution in [2.24, 2.45) is 4.99 Å². The molecule has 0 bridgehead atoms. The van der Waals surface area contributed by atoms with E-state index in [0.717, 1.165) is 0 Å². The normalized spacial score (nSPS) is 11.0. The van der Waals surface area contributed by atoms with Gasteiger partial charge in [-0.15, -0.1) is 0 Å². The third-order valence-electron chi connectivity index (χ3n) is 4.60. The molecule has 1 amide bonds. The fourth-order valence-corrected chi connectivity index (χ4v) is 3.20. The summed E-state index contributed by atoms with van der Waals surface area (Å²) in [5.41, 5.74) is 2.15. The Morgan fingerprint density at radius 1 is 0.871 bits per heavy atom. The number of hydrogen-bond acceptors (Lipinski definition) is 4. The van der Waals surface area contributed by atoms with Crippen molar-refractivity contribution in [3.8, 4) is 17.3 Å². The lowest BCUT2D eigenvalue weighted by Gasteiger charge is -2.12. The number of nitrogens with zero attached hydrogens (tertiary/aromatic N) is 3. The number of aliphatic imine (C=N–C) groups is 1. The number of carbonyl (C=O) groups is 1. The lowest BCUT2D eigenvalue weighted by Crippen LogP contribution is -2.21. The Balaban J connectivity index is 1.79. The van der Waals surface area contributed by atoms with Crippen molar-refractivity contribution < 1.29 is 9.90 Å². The molecule has 0 aliphatic carbocycles. The van der Waals surface area contributed by atoms with E-state index in [1.165, 1.54) is 22.5 Å². The van der Waals surface area contributed by atoms with Crippen molar-refractivity contribution in [2.75, 3.05) is 5.32 Å². The van der Waals surface area contributed by atoms with Gasteiger partial charge >= 0.3 is 0 Å². The molecular weight excluding hydrogens is 392 g/mol. The fraction of sp³-hybridized carbons (Fsp3) is 0.0417. The molecular formula is C24H20N4O3. The fourth-order valence-electron chi connectivity index (χ4n) is 3.20. The quantitative estimate of drug-likeness (QED) is 0.485. The van der Waals surface area contributed by atoms with E-state index in [1.54, 1.807) is 48.5 Å². The number of para-hydroxylation sites is 2. The average Bonchev–Trinajstić information content (AvgIpc) is 3.04. The molecule has 0 saturated heterocycles. The van der Waals surface area contributed by atoms with E-state index in [1.807, 2.05) is 36.4 Å². The molecule has 0 aliphatic heterocycles. The molecule has 2 N–H and O–H groups in total. The maximum Gasteiger partial charge on any atom is 0.284 e. The standard InChI is InChI=1S/C24H20N4O3/c1-17(29)26-19-14-12-18(13-15-19)25-16-22-23(30)27(20-8-4-2-5-9-20)28(24(22)31)21-10-6-3-7-11-21/h2-16,30H,1H3,(H,26,29). The summed E-state index contributed by atoms with van der Waals surface area (Å²) in [6.07, 6.45) is 1.35. The molecule has 154 valence electrons. The second-order valence-corrected chi connectivity index (χ2v) is 6.82. The Morgan fingerprint density at radius 3 is 1.97 bits per heavy atom. The molecule has 0 atom stereocenters. The van der Waals surface area contributed by atoms with Crippen molar-refractivity contribution in [3.05, 3.63) is 101 Å². The molecule has 1 heterocycles. The number of aromatic hydroxyl groups is 1. The van der Waals surface area contributed by atoms with Gasteiger partial charge in [-0.25, -0.2) is 9.36 Å². The van der Waals surface area contributed by atoms with Crippen LogP contribution in [-0.2, 0) is 4.79 Å². The third-order valence-corrected chi connectivity index (χ3v) is 4.60. The number of anilines is 1. The predicted octanol–water partition coefficient (Wildman–Crippen LogP) is 4.04. The molecule has 0 unspecified atom stereocenters. The van der Waals surface area contributed by atoms with Gasteiger partial charge in [0.1, 0.15) is 5.56 Å². The van der Waals surface area contributed by atoms with Crippen molar-refractivity contribution in [1.29, 1.82) is 0 Å². The van der Waals surface area contributed by atoms with E-state index in [-0.39, 0.29) is 17.4 Å². The van der Waals surface area contributed by atoms with Gasteiger partial charge in [-0.3, -0.25) is 14.6 Å². The number of benzene rings is 3. The van der Waals surface area contributed by atoms with Gasteiger partial charge in [-0.2, -0.15) is 0 Å². The molecule has 3 aromatic carbocycles. The van der Waals surface area contributed by atoms with E-state index in [9.17, 15) is 14.7 Å². The maximum absolute atomic E-state index is 13.2.